The molecule has 0 unspecified atom stereocenters. The van der Waals surface area contributed by atoms with Crippen LogP contribution in [0, 0.1) is 0 Å². The second-order valence-corrected chi connectivity index (χ2v) is 6.77. The molecule has 134 valence electrons. The van der Waals surface area contributed by atoms with Gasteiger partial charge in [-0.2, -0.15) is 0 Å². The molecule has 0 fully saturated rings. The molecule has 2 aromatic rings. The number of benzene rings is 1. The van der Waals surface area contributed by atoms with Crippen LogP contribution in [-0.4, -0.2) is 27.3 Å². The standard InChI is InChI=1S/C17H22Cl2N6/c1-2-20-17(21-10-12-6-7-13(18)9-14(12)19)22-11-16-24-23-15-5-3-4-8-25(15)16/h6-7,9H,2-5,8,10-11H2,1H3,(H2,20,21,22). The van der Waals surface area contributed by atoms with E-state index >= 15 is 0 Å². The Bertz CT molecular complexity index is 756. The first-order chi connectivity index (χ1) is 12.2. The molecule has 1 aromatic heterocycles. The summed E-state index contributed by atoms with van der Waals surface area (Å²) < 4.78 is 2.20. The molecule has 25 heavy (non-hydrogen) atoms. The summed E-state index contributed by atoms with van der Waals surface area (Å²) >= 11 is 12.1. The maximum absolute atomic E-state index is 6.21. The van der Waals surface area contributed by atoms with Crippen LogP contribution in [0.15, 0.2) is 23.2 Å². The van der Waals surface area contributed by atoms with E-state index in [1.807, 2.05) is 19.1 Å². The van der Waals surface area contributed by atoms with E-state index in [4.69, 9.17) is 23.2 Å². The van der Waals surface area contributed by atoms with Crippen LogP contribution >= 0.6 is 23.2 Å². The molecule has 0 radical (unpaired) electrons. The van der Waals surface area contributed by atoms with Crippen molar-refractivity contribution in [2.45, 2.75) is 45.8 Å². The van der Waals surface area contributed by atoms with Gasteiger partial charge in [0.25, 0.3) is 0 Å². The molecule has 2 N–H and O–H groups in total. The Morgan fingerprint density at radius 2 is 2.12 bits per heavy atom. The molecule has 1 aromatic carbocycles. The van der Waals surface area contributed by atoms with Gasteiger partial charge in [-0.1, -0.05) is 29.3 Å². The fourth-order valence-corrected chi connectivity index (χ4v) is 3.29. The molecule has 0 atom stereocenters. The molecule has 8 heteroatoms. The van der Waals surface area contributed by atoms with Crippen LogP contribution in [-0.2, 0) is 26.1 Å². The van der Waals surface area contributed by atoms with Crippen molar-refractivity contribution in [2.24, 2.45) is 4.99 Å². The predicted molar refractivity (Wildman–Crippen MR) is 101 cm³/mol. The largest absolute Gasteiger partial charge is 0.357 e. The number of halogens is 2. The average molecular weight is 381 g/mol. The molecule has 0 spiro atoms. The summed E-state index contributed by atoms with van der Waals surface area (Å²) in [5.74, 6) is 2.75. The highest BCUT2D eigenvalue weighted by molar-refractivity contribution is 6.35. The number of rotatable bonds is 5. The summed E-state index contributed by atoms with van der Waals surface area (Å²) in [6, 6.07) is 5.45. The van der Waals surface area contributed by atoms with Crippen molar-refractivity contribution in [3.63, 3.8) is 0 Å². The average Bonchev–Trinajstić information content (AvgIpc) is 3.02. The number of nitrogens with one attached hydrogen (secondary N) is 2. The summed E-state index contributed by atoms with van der Waals surface area (Å²) in [6.07, 6.45) is 3.38. The Hall–Kier alpha value is -1.79. The van der Waals surface area contributed by atoms with E-state index < -0.39 is 0 Å². The maximum atomic E-state index is 6.21. The number of aryl methyl sites for hydroxylation is 1. The van der Waals surface area contributed by atoms with E-state index in [-0.39, 0.29) is 0 Å². The van der Waals surface area contributed by atoms with Gasteiger partial charge in [0.05, 0.1) is 13.1 Å². The van der Waals surface area contributed by atoms with Gasteiger partial charge in [-0.05, 0) is 37.5 Å². The van der Waals surface area contributed by atoms with Crippen molar-refractivity contribution < 1.29 is 0 Å². The van der Waals surface area contributed by atoms with Gasteiger partial charge in [-0.15, -0.1) is 10.2 Å². The minimum atomic E-state index is 0.475. The van der Waals surface area contributed by atoms with Crippen LogP contribution in [0.5, 0.6) is 0 Å². The Morgan fingerprint density at radius 3 is 2.92 bits per heavy atom. The van der Waals surface area contributed by atoms with Gasteiger partial charge >= 0.3 is 0 Å². The highest BCUT2D eigenvalue weighted by Gasteiger charge is 2.15. The number of nitrogens with zero attached hydrogens (tertiary/aromatic N) is 4. The van der Waals surface area contributed by atoms with Gasteiger partial charge in [0.15, 0.2) is 11.8 Å². The van der Waals surface area contributed by atoms with Gasteiger partial charge in [-0.25, -0.2) is 4.99 Å². The number of aliphatic imine (C=N–C) groups is 1. The molecule has 0 saturated carbocycles. The minimum Gasteiger partial charge on any atom is -0.357 e. The third-order valence-electron chi connectivity index (χ3n) is 4.12. The molecule has 0 bridgehead atoms. The third-order valence-corrected chi connectivity index (χ3v) is 4.70. The first-order valence-electron chi connectivity index (χ1n) is 8.54. The predicted octanol–water partition coefficient (Wildman–Crippen LogP) is 3.18. The zero-order chi connectivity index (χ0) is 17.6. The van der Waals surface area contributed by atoms with Crippen molar-refractivity contribution in [2.75, 3.05) is 6.54 Å². The van der Waals surface area contributed by atoms with Crippen molar-refractivity contribution >= 4 is 29.2 Å². The van der Waals surface area contributed by atoms with Crippen molar-refractivity contribution in [3.8, 4) is 0 Å². The van der Waals surface area contributed by atoms with Crippen molar-refractivity contribution in [1.82, 2.24) is 25.4 Å². The topological polar surface area (TPSA) is 67.1 Å². The molecule has 0 aliphatic carbocycles. The van der Waals surface area contributed by atoms with Crippen molar-refractivity contribution in [3.05, 3.63) is 45.5 Å². The lowest BCUT2D eigenvalue weighted by molar-refractivity contribution is 0.504. The SMILES string of the molecule is CCNC(=NCc1ccc(Cl)cc1Cl)NCc1nnc2n1CCCC2. The second kappa shape index (κ2) is 8.54. The lowest BCUT2D eigenvalue weighted by atomic mass is 10.2. The zero-order valence-corrected chi connectivity index (χ0v) is 15.7. The third kappa shape index (κ3) is 4.64. The summed E-state index contributed by atoms with van der Waals surface area (Å²) in [6.45, 7) is 4.87. The lowest BCUT2D eigenvalue weighted by Crippen LogP contribution is -2.37. The Balaban J connectivity index is 1.65. The van der Waals surface area contributed by atoms with Gasteiger partial charge < -0.3 is 15.2 Å². The van der Waals surface area contributed by atoms with Gasteiger partial charge in [0, 0.05) is 29.6 Å². The normalized spacial score (nSPS) is 14.3. The Morgan fingerprint density at radius 1 is 1.24 bits per heavy atom. The molecular weight excluding hydrogens is 359 g/mol. The van der Waals surface area contributed by atoms with Crippen LogP contribution in [0.25, 0.3) is 0 Å². The highest BCUT2D eigenvalue weighted by Crippen LogP contribution is 2.21. The zero-order valence-electron chi connectivity index (χ0n) is 14.2. The van der Waals surface area contributed by atoms with E-state index in [1.54, 1.807) is 6.07 Å². The molecule has 0 amide bonds. The quantitative estimate of drug-likeness (QED) is 0.617. The molecule has 3 rings (SSSR count). The van der Waals surface area contributed by atoms with Crippen LogP contribution in [0.3, 0.4) is 0 Å². The van der Waals surface area contributed by atoms with Gasteiger partial charge in [0.1, 0.15) is 5.82 Å². The Labute approximate surface area is 157 Å². The molecule has 6 nitrogen and oxygen atoms in total. The van der Waals surface area contributed by atoms with Crippen LogP contribution in [0.4, 0.5) is 0 Å². The van der Waals surface area contributed by atoms with Gasteiger partial charge in [0.2, 0.25) is 0 Å². The molecular formula is C17H22Cl2N6. The van der Waals surface area contributed by atoms with Crippen molar-refractivity contribution in [1.29, 1.82) is 0 Å². The maximum Gasteiger partial charge on any atom is 0.191 e. The number of hydrogen-bond acceptors (Lipinski definition) is 3. The first kappa shape index (κ1) is 18.0. The summed E-state index contributed by atoms with van der Waals surface area (Å²) in [7, 11) is 0. The second-order valence-electron chi connectivity index (χ2n) is 5.93. The van der Waals surface area contributed by atoms with Crippen LogP contribution < -0.4 is 10.6 Å². The highest BCUT2D eigenvalue weighted by atomic mass is 35.5. The van der Waals surface area contributed by atoms with Crippen LogP contribution in [0.2, 0.25) is 10.0 Å². The number of guanidine groups is 1. The molecule has 1 aliphatic heterocycles. The Kier molecular flexibility index (Phi) is 6.15. The minimum absolute atomic E-state index is 0.475. The van der Waals surface area contributed by atoms with E-state index in [0.717, 1.165) is 42.7 Å². The van der Waals surface area contributed by atoms with E-state index in [9.17, 15) is 0 Å². The first-order valence-corrected chi connectivity index (χ1v) is 9.30. The van der Waals surface area contributed by atoms with Gasteiger partial charge in [-0.3, -0.25) is 0 Å². The van der Waals surface area contributed by atoms with E-state index in [2.05, 4.69) is 30.4 Å². The number of aromatic nitrogens is 3. The number of hydrogen-bond donors (Lipinski definition) is 2. The van der Waals surface area contributed by atoms with E-state index in [1.165, 1.54) is 12.8 Å². The monoisotopic (exact) mass is 380 g/mol. The molecule has 2 heterocycles. The lowest BCUT2D eigenvalue weighted by Gasteiger charge is -2.16. The van der Waals surface area contributed by atoms with Crippen LogP contribution in [0.1, 0.15) is 37.0 Å². The fraction of sp³-hybridized carbons (Fsp3) is 0.471. The summed E-state index contributed by atoms with van der Waals surface area (Å²) in [4.78, 5) is 4.60. The summed E-state index contributed by atoms with van der Waals surface area (Å²) in [5, 5.41) is 16.4. The summed E-state index contributed by atoms with van der Waals surface area (Å²) in [5.41, 5.74) is 0.933. The molecule has 1 aliphatic rings. The smallest absolute Gasteiger partial charge is 0.191 e. The van der Waals surface area contributed by atoms with E-state index in [0.29, 0.717) is 23.1 Å². The molecule has 0 saturated heterocycles. The fourth-order valence-electron chi connectivity index (χ4n) is 2.82. The number of fused-ring (bicyclic) bond motifs is 1.